The van der Waals surface area contributed by atoms with E-state index < -0.39 is 0 Å². The highest BCUT2D eigenvalue weighted by Crippen LogP contribution is 2.32. The summed E-state index contributed by atoms with van der Waals surface area (Å²) in [6, 6.07) is 11.6. The molecular weight excluding hydrogens is 422 g/mol. The molecular formula is C23H22ClNO6. The topological polar surface area (TPSA) is 101 Å². The molecule has 1 fully saturated rings. The average molecular weight is 444 g/mol. The summed E-state index contributed by atoms with van der Waals surface area (Å²) in [6.45, 7) is 0.710. The van der Waals surface area contributed by atoms with Crippen molar-refractivity contribution in [1.82, 2.24) is 0 Å². The van der Waals surface area contributed by atoms with E-state index in [-0.39, 0.29) is 23.4 Å². The van der Waals surface area contributed by atoms with E-state index in [0.29, 0.717) is 64.8 Å². The van der Waals surface area contributed by atoms with Gasteiger partial charge in [-0.1, -0.05) is 17.7 Å². The molecule has 0 radical (unpaired) electrons. The second kappa shape index (κ2) is 8.99. The van der Waals surface area contributed by atoms with Gasteiger partial charge in [0.1, 0.15) is 18.1 Å². The minimum absolute atomic E-state index is 0.0510. The standard InChI is InChI=1S/C23H22ClNO6/c1-28-23(27)14-9-15(10-14)29-7-8-30-20-6-5-13(11-18(20)25)21-12-19(26)16-3-2-4-17(24)22(16)31-21/h2-6,11-12,14-15H,7-10,25H2,1H3. The maximum Gasteiger partial charge on any atom is 0.308 e. The summed E-state index contributed by atoms with van der Waals surface area (Å²) in [4.78, 5) is 23.8. The lowest BCUT2D eigenvalue weighted by Gasteiger charge is -2.32. The molecule has 1 aromatic heterocycles. The number of esters is 1. The number of nitrogen functional groups attached to an aromatic ring is 1. The zero-order valence-corrected chi connectivity index (χ0v) is 17.7. The predicted octanol–water partition coefficient (Wildman–Crippen LogP) is 4.04. The molecule has 0 aliphatic heterocycles. The maximum atomic E-state index is 12.4. The molecule has 2 N–H and O–H groups in total. The normalized spacial score (nSPS) is 17.9. The molecule has 0 bridgehead atoms. The van der Waals surface area contributed by atoms with Crippen LogP contribution in [0, 0.1) is 5.92 Å². The Labute approximate surface area is 183 Å². The number of fused-ring (bicyclic) bond motifs is 1. The van der Waals surface area contributed by atoms with Crippen LogP contribution in [0.15, 0.2) is 51.7 Å². The lowest BCUT2D eigenvalue weighted by Crippen LogP contribution is -2.37. The van der Waals surface area contributed by atoms with Gasteiger partial charge in [0.05, 0.1) is 41.8 Å². The van der Waals surface area contributed by atoms with Crippen LogP contribution < -0.4 is 15.9 Å². The Balaban J connectivity index is 1.37. The molecule has 0 spiro atoms. The number of carbonyl (C=O) groups is 1. The van der Waals surface area contributed by atoms with Crippen molar-refractivity contribution in [3.8, 4) is 17.1 Å². The molecule has 1 aliphatic carbocycles. The van der Waals surface area contributed by atoms with Gasteiger partial charge in [0, 0.05) is 11.6 Å². The van der Waals surface area contributed by atoms with E-state index in [0.717, 1.165) is 0 Å². The summed E-state index contributed by atoms with van der Waals surface area (Å²) >= 11 is 6.17. The van der Waals surface area contributed by atoms with Crippen LogP contribution >= 0.6 is 11.6 Å². The van der Waals surface area contributed by atoms with Gasteiger partial charge in [-0.2, -0.15) is 0 Å². The van der Waals surface area contributed by atoms with Gasteiger partial charge in [0.15, 0.2) is 11.0 Å². The van der Waals surface area contributed by atoms with Crippen LogP contribution in [0.2, 0.25) is 5.02 Å². The zero-order chi connectivity index (χ0) is 22.0. The minimum atomic E-state index is -0.187. The lowest BCUT2D eigenvalue weighted by atomic mass is 9.82. The fourth-order valence-corrected chi connectivity index (χ4v) is 3.76. The van der Waals surface area contributed by atoms with E-state index in [2.05, 4.69) is 0 Å². The number of hydrogen-bond donors (Lipinski definition) is 1. The van der Waals surface area contributed by atoms with E-state index in [1.807, 2.05) is 0 Å². The summed E-state index contributed by atoms with van der Waals surface area (Å²) in [5.74, 6) is 0.629. The van der Waals surface area contributed by atoms with Crippen molar-refractivity contribution in [2.45, 2.75) is 18.9 Å². The molecule has 31 heavy (non-hydrogen) atoms. The third-order valence-electron chi connectivity index (χ3n) is 5.32. The highest BCUT2D eigenvalue weighted by molar-refractivity contribution is 6.34. The van der Waals surface area contributed by atoms with Crippen molar-refractivity contribution in [3.05, 3.63) is 57.7 Å². The van der Waals surface area contributed by atoms with E-state index >= 15 is 0 Å². The molecule has 1 heterocycles. The molecule has 4 rings (SSSR count). The van der Waals surface area contributed by atoms with Crippen molar-refractivity contribution >= 4 is 34.2 Å². The van der Waals surface area contributed by atoms with E-state index in [1.54, 1.807) is 36.4 Å². The van der Waals surface area contributed by atoms with Crippen LogP contribution in [0.25, 0.3) is 22.3 Å². The Morgan fingerprint density at radius 1 is 1.19 bits per heavy atom. The summed E-state index contributed by atoms with van der Waals surface area (Å²) in [7, 11) is 1.39. The van der Waals surface area contributed by atoms with Gasteiger partial charge in [0.2, 0.25) is 0 Å². The Bertz CT molecular complexity index is 1170. The van der Waals surface area contributed by atoms with Crippen molar-refractivity contribution in [2.75, 3.05) is 26.1 Å². The smallest absolute Gasteiger partial charge is 0.308 e. The molecule has 8 heteroatoms. The number of nitrogens with two attached hydrogens (primary N) is 1. The van der Waals surface area contributed by atoms with Crippen molar-refractivity contribution < 1.29 is 23.4 Å². The first-order valence-electron chi connectivity index (χ1n) is 9.90. The number of para-hydroxylation sites is 1. The maximum absolute atomic E-state index is 12.4. The number of halogens is 1. The Kier molecular flexibility index (Phi) is 6.15. The number of carbonyl (C=O) groups excluding carboxylic acids is 1. The van der Waals surface area contributed by atoms with E-state index in [9.17, 15) is 9.59 Å². The van der Waals surface area contributed by atoms with Gasteiger partial charge in [-0.25, -0.2) is 0 Å². The predicted molar refractivity (Wildman–Crippen MR) is 117 cm³/mol. The number of anilines is 1. The molecule has 162 valence electrons. The number of methoxy groups -OCH3 is 1. The van der Waals surface area contributed by atoms with Crippen LogP contribution in [0.1, 0.15) is 12.8 Å². The van der Waals surface area contributed by atoms with Gasteiger partial charge >= 0.3 is 5.97 Å². The molecule has 0 amide bonds. The van der Waals surface area contributed by atoms with Gasteiger partial charge in [-0.05, 0) is 43.2 Å². The molecule has 2 aromatic carbocycles. The van der Waals surface area contributed by atoms with Crippen LogP contribution in [0.5, 0.6) is 5.75 Å². The first-order chi connectivity index (χ1) is 15.0. The zero-order valence-electron chi connectivity index (χ0n) is 16.9. The quantitative estimate of drug-likeness (QED) is 0.334. The number of benzene rings is 2. The number of hydrogen-bond acceptors (Lipinski definition) is 7. The van der Waals surface area contributed by atoms with Crippen molar-refractivity contribution in [3.63, 3.8) is 0 Å². The van der Waals surface area contributed by atoms with Crippen LogP contribution in [-0.4, -0.2) is 32.4 Å². The first-order valence-corrected chi connectivity index (χ1v) is 10.3. The fourth-order valence-electron chi connectivity index (χ4n) is 3.55. The van der Waals surface area contributed by atoms with Gasteiger partial charge in [-0.3, -0.25) is 9.59 Å². The Hall–Kier alpha value is -3.03. The van der Waals surface area contributed by atoms with Gasteiger partial charge in [0.25, 0.3) is 0 Å². The highest BCUT2D eigenvalue weighted by Gasteiger charge is 2.35. The summed E-state index contributed by atoms with van der Waals surface area (Å²) < 4.78 is 21.9. The molecule has 0 saturated heterocycles. The second-order valence-electron chi connectivity index (χ2n) is 7.38. The second-order valence-corrected chi connectivity index (χ2v) is 7.78. The van der Waals surface area contributed by atoms with Crippen LogP contribution in [-0.2, 0) is 14.3 Å². The lowest BCUT2D eigenvalue weighted by molar-refractivity contribution is -0.155. The number of ether oxygens (including phenoxy) is 3. The van der Waals surface area contributed by atoms with Crippen molar-refractivity contribution in [1.29, 1.82) is 0 Å². The van der Waals surface area contributed by atoms with E-state index in [1.165, 1.54) is 13.2 Å². The van der Waals surface area contributed by atoms with Crippen LogP contribution in [0.3, 0.4) is 0 Å². The summed E-state index contributed by atoms with van der Waals surface area (Å²) in [5.41, 5.74) is 7.34. The van der Waals surface area contributed by atoms with Gasteiger partial charge in [-0.15, -0.1) is 0 Å². The summed E-state index contributed by atoms with van der Waals surface area (Å²) in [6.07, 6.45) is 1.39. The highest BCUT2D eigenvalue weighted by atomic mass is 35.5. The molecule has 1 aliphatic rings. The average Bonchev–Trinajstić information content (AvgIpc) is 2.73. The largest absolute Gasteiger partial charge is 0.489 e. The molecule has 1 saturated carbocycles. The molecule has 0 unspecified atom stereocenters. The third-order valence-corrected chi connectivity index (χ3v) is 5.62. The van der Waals surface area contributed by atoms with Crippen molar-refractivity contribution in [2.24, 2.45) is 5.92 Å². The Morgan fingerprint density at radius 2 is 2.00 bits per heavy atom. The molecule has 3 aromatic rings. The molecule has 7 nitrogen and oxygen atoms in total. The molecule has 0 atom stereocenters. The summed E-state index contributed by atoms with van der Waals surface area (Å²) in [5, 5.41) is 0.794. The monoisotopic (exact) mass is 443 g/mol. The SMILES string of the molecule is COC(=O)C1CC(OCCOc2ccc(-c3cc(=O)c4cccc(Cl)c4o3)cc2N)C1. The first kappa shape index (κ1) is 21.2. The van der Waals surface area contributed by atoms with Gasteiger partial charge < -0.3 is 24.4 Å². The number of rotatable bonds is 7. The minimum Gasteiger partial charge on any atom is -0.489 e. The fraction of sp³-hybridized carbons (Fsp3) is 0.304. The third kappa shape index (κ3) is 4.52. The van der Waals surface area contributed by atoms with E-state index in [4.69, 9.17) is 36.0 Å². The Morgan fingerprint density at radius 3 is 2.74 bits per heavy atom. The van der Waals surface area contributed by atoms with Crippen LogP contribution in [0.4, 0.5) is 5.69 Å².